The van der Waals surface area contributed by atoms with Crippen molar-refractivity contribution in [2.45, 2.75) is 32.9 Å². The number of nitrogens with one attached hydrogen (secondary N) is 1. The van der Waals surface area contributed by atoms with E-state index in [0.717, 1.165) is 26.2 Å². The van der Waals surface area contributed by atoms with Crippen LogP contribution in [0.3, 0.4) is 0 Å². The highest BCUT2D eigenvalue weighted by Gasteiger charge is 2.00. The molecule has 0 aliphatic carbocycles. The zero-order chi connectivity index (χ0) is 11.8. The van der Waals surface area contributed by atoms with Gasteiger partial charge < -0.3 is 14.8 Å². The molecule has 1 rings (SSSR count). The molecule has 0 saturated heterocycles. The van der Waals surface area contributed by atoms with Crippen molar-refractivity contribution >= 4 is 0 Å². The van der Waals surface area contributed by atoms with E-state index in [1.54, 1.807) is 0 Å². The maximum absolute atomic E-state index is 3.45. The molecule has 1 heterocycles. The zero-order valence-corrected chi connectivity index (χ0v) is 10.9. The number of hydrogen-bond acceptors (Lipinski definition) is 2. The molecule has 0 amide bonds. The minimum atomic E-state index is 0.989. The zero-order valence-electron chi connectivity index (χ0n) is 10.9. The Morgan fingerprint density at radius 1 is 1.38 bits per heavy atom. The average Bonchev–Trinajstić information content (AvgIpc) is 2.66. The van der Waals surface area contributed by atoms with Gasteiger partial charge in [-0.05, 0) is 52.2 Å². The largest absolute Gasteiger partial charge is 0.350 e. The minimum absolute atomic E-state index is 0.989. The van der Waals surface area contributed by atoms with Gasteiger partial charge in [0.25, 0.3) is 0 Å². The highest BCUT2D eigenvalue weighted by molar-refractivity contribution is 5.06. The Hall–Kier alpha value is -0.800. The van der Waals surface area contributed by atoms with Gasteiger partial charge in [0, 0.05) is 25.0 Å². The SMILES string of the molecule is CCCNCc1cccn1CCCN(C)C. The summed E-state index contributed by atoms with van der Waals surface area (Å²) in [6.45, 7) is 6.56. The average molecular weight is 223 g/mol. The summed E-state index contributed by atoms with van der Waals surface area (Å²) in [4.78, 5) is 2.23. The van der Waals surface area contributed by atoms with E-state index < -0.39 is 0 Å². The van der Waals surface area contributed by atoms with E-state index in [1.165, 1.54) is 18.5 Å². The van der Waals surface area contributed by atoms with Gasteiger partial charge >= 0.3 is 0 Å². The minimum Gasteiger partial charge on any atom is -0.350 e. The second-order valence-corrected chi connectivity index (χ2v) is 4.53. The molecule has 0 saturated carbocycles. The lowest BCUT2D eigenvalue weighted by Gasteiger charge is -2.12. The molecular weight excluding hydrogens is 198 g/mol. The summed E-state index contributed by atoms with van der Waals surface area (Å²) in [7, 11) is 4.25. The summed E-state index contributed by atoms with van der Waals surface area (Å²) in [5, 5.41) is 3.45. The van der Waals surface area contributed by atoms with E-state index in [9.17, 15) is 0 Å². The van der Waals surface area contributed by atoms with Crippen LogP contribution in [-0.4, -0.2) is 36.7 Å². The third kappa shape index (κ3) is 4.81. The van der Waals surface area contributed by atoms with Crippen molar-refractivity contribution in [3.8, 4) is 0 Å². The Morgan fingerprint density at radius 3 is 2.88 bits per heavy atom. The van der Waals surface area contributed by atoms with Gasteiger partial charge in [0.05, 0.1) is 0 Å². The Morgan fingerprint density at radius 2 is 2.19 bits per heavy atom. The normalized spacial score (nSPS) is 11.2. The number of aryl methyl sites for hydroxylation is 1. The van der Waals surface area contributed by atoms with Crippen LogP contribution < -0.4 is 5.32 Å². The summed E-state index contributed by atoms with van der Waals surface area (Å²) in [6, 6.07) is 4.34. The number of hydrogen-bond donors (Lipinski definition) is 1. The van der Waals surface area contributed by atoms with Crippen molar-refractivity contribution in [3.05, 3.63) is 24.0 Å². The van der Waals surface area contributed by atoms with Crippen LogP contribution in [0.25, 0.3) is 0 Å². The Labute approximate surface area is 99.4 Å². The van der Waals surface area contributed by atoms with E-state index >= 15 is 0 Å². The van der Waals surface area contributed by atoms with E-state index in [2.05, 4.69) is 54.1 Å². The maximum atomic E-state index is 3.45. The fourth-order valence-corrected chi connectivity index (χ4v) is 1.78. The maximum Gasteiger partial charge on any atom is 0.0359 e. The van der Waals surface area contributed by atoms with Crippen LogP contribution >= 0.6 is 0 Å². The second kappa shape index (κ2) is 7.47. The van der Waals surface area contributed by atoms with Crippen LogP contribution in [0.15, 0.2) is 18.3 Å². The lowest BCUT2D eigenvalue weighted by atomic mass is 10.3. The second-order valence-electron chi connectivity index (χ2n) is 4.53. The van der Waals surface area contributed by atoms with Crippen molar-refractivity contribution in [2.24, 2.45) is 0 Å². The smallest absolute Gasteiger partial charge is 0.0359 e. The van der Waals surface area contributed by atoms with Gasteiger partial charge in [0.2, 0.25) is 0 Å². The highest BCUT2D eigenvalue weighted by Crippen LogP contribution is 2.03. The quantitative estimate of drug-likeness (QED) is 0.680. The Balaban J connectivity index is 2.32. The van der Waals surface area contributed by atoms with Gasteiger partial charge in [0.15, 0.2) is 0 Å². The van der Waals surface area contributed by atoms with Gasteiger partial charge in [-0.2, -0.15) is 0 Å². The first-order chi connectivity index (χ1) is 7.74. The highest BCUT2D eigenvalue weighted by atomic mass is 15.1. The summed E-state index contributed by atoms with van der Waals surface area (Å²) in [5.74, 6) is 0. The predicted molar refractivity (Wildman–Crippen MR) is 69.6 cm³/mol. The van der Waals surface area contributed by atoms with Crippen LogP contribution in [0.5, 0.6) is 0 Å². The van der Waals surface area contributed by atoms with Gasteiger partial charge in [-0.3, -0.25) is 0 Å². The molecule has 0 spiro atoms. The van der Waals surface area contributed by atoms with Crippen molar-refractivity contribution in [2.75, 3.05) is 27.2 Å². The van der Waals surface area contributed by atoms with Crippen molar-refractivity contribution in [3.63, 3.8) is 0 Å². The van der Waals surface area contributed by atoms with Crippen molar-refractivity contribution in [1.82, 2.24) is 14.8 Å². The molecule has 3 nitrogen and oxygen atoms in total. The number of aromatic nitrogens is 1. The van der Waals surface area contributed by atoms with Gasteiger partial charge in [0.1, 0.15) is 0 Å². The van der Waals surface area contributed by atoms with Crippen LogP contribution in [0.2, 0.25) is 0 Å². The van der Waals surface area contributed by atoms with Crippen LogP contribution in [0.4, 0.5) is 0 Å². The third-order valence-corrected chi connectivity index (χ3v) is 2.66. The summed E-state index contributed by atoms with van der Waals surface area (Å²) >= 11 is 0. The van der Waals surface area contributed by atoms with Gasteiger partial charge in [-0.25, -0.2) is 0 Å². The topological polar surface area (TPSA) is 20.2 Å². The molecule has 1 N–H and O–H groups in total. The van der Waals surface area contributed by atoms with E-state index in [4.69, 9.17) is 0 Å². The summed E-state index contributed by atoms with van der Waals surface area (Å²) < 4.78 is 2.35. The summed E-state index contributed by atoms with van der Waals surface area (Å²) in [6.07, 6.45) is 4.59. The lowest BCUT2D eigenvalue weighted by Crippen LogP contribution is -2.18. The molecule has 92 valence electrons. The number of rotatable bonds is 8. The monoisotopic (exact) mass is 223 g/mol. The summed E-state index contributed by atoms with van der Waals surface area (Å²) in [5.41, 5.74) is 1.40. The molecule has 0 atom stereocenters. The van der Waals surface area contributed by atoms with Crippen LogP contribution in [-0.2, 0) is 13.1 Å². The fraction of sp³-hybridized carbons (Fsp3) is 0.692. The molecule has 1 aromatic heterocycles. The molecule has 0 unspecified atom stereocenters. The molecule has 0 fully saturated rings. The molecule has 0 aromatic carbocycles. The van der Waals surface area contributed by atoms with E-state index in [1.807, 2.05) is 0 Å². The predicted octanol–water partition coefficient (Wildman–Crippen LogP) is 1.94. The fourth-order valence-electron chi connectivity index (χ4n) is 1.78. The van der Waals surface area contributed by atoms with Gasteiger partial charge in [-0.1, -0.05) is 6.92 Å². The van der Waals surface area contributed by atoms with Crippen molar-refractivity contribution in [1.29, 1.82) is 0 Å². The number of nitrogens with zero attached hydrogens (tertiary/aromatic N) is 2. The first-order valence-electron chi connectivity index (χ1n) is 6.23. The standard InChI is InChI=1S/C13H25N3/c1-4-8-14-12-13-7-5-10-16(13)11-6-9-15(2)3/h5,7,10,14H,4,6,8-9,11-12H2,1-3H3. The molecule has 0 aliphatic rings. The molecule has 16 heavy (non-hydrogen) atoms. The van der Waals surface area contributed by atoms with E-state index in [-0.39, 0.29) is 0 Å². The van der Waals surface area contributed by atoms with Crippen molar-refractivity contribution < 1.29 is 0 Å². The van der Waals surface area contributed by atoms with Crippen LogP contribution in [0, 0.1) is 0 Å². The molecular formula is C13H25N3. The van der Waals surface area contributed by atoms with Gasteiger partial charge in [-0.15, -0.1) is 0 Å². The third-order valence-electron chi connectivity index (χ3n) is 2.66. The van der Waals surface area contributed by atoms with E-state index in [0.29, 0.717) is 0 Å². The molecule has 3 heteroatoms. The molecule has 1 aromatic rings. The molecule has 0 radical (unpaired) electrons. The lowest BCUT2D eigenvalue weighted by molar-refractivity contribution is 0.384. The Kier molecular flexibility index (Phi) is 6.19. The molecule has 0 bridgehead atoms. The van der Waals surface area contributed by atoms with Crippen LogP contribution in [0.1, 0.15) is 25.5 Å². The first kappa shape index (κ1) is 13.3. The molecule has 0 aliphatic heterocycles. The Bertz CT molecular complexity index is 278. The first-order valence-corrected chi connectivity index (χ1v) is 6.23.